The second-order valence-electron chi connectivity index (χ2n) is 4.83. The summed E-state index contributed by atoms with van der Waals surface area (Å²) in [5.41, 5.74) is 7.57. The number of aliphatic hydroxyl groups is 1. The number of aromatic nitrogens is 1. The Labute approximate surface area is 116 Å². The van der Waals surface area contributed by atoms with Crippen molar-refractivity contribution in [3.8, 4) is 0 Å². The summed E-state index contributed by atoms with van der Waals surface area (Å²) in [5.74, 6) is 0.905. The highest BCUT2D eigenvalue weighted by Crippen LogP contribution is 2.34. The van der Waals surface area contributed by atoms with Crippen LogP contribution in [0.3, 0.4) is 0 Å². The first-order chi connectivity index (χ1) is 8.65. The molecule has 100 valence electrons. The Bertz CT molecular complexity index is 419. The Balaban J connectivity index is 2.32. The van der Waals surface area contributed by atoms with Crippen molar-refractivity contribution in [3.05, 3.63) is 16.2 Å². The zero-order valence-electron chi connectivity index (χ0n) is 10.7. The lowest BCUT2D eigenvalue weighted by atomic mass is 10.2. The van der Waals surface area contributed by atoms with Gasteiger partial charge in [-0.2, -0.15) is 0 Å². The Kier molecular flexibility index (Phi) is 4.45. The average Bonchev–Trinajstić information content (AvgIpc) is 2.88. The number of rotatable bonds is 4. The van der Waals surface area contributed by atoms with Gasteiger partial charge in [-0.15, -0.1) is 0 Å². The van der Waals surface area contributed by atoms with Crippen molar-refractivity contribution in [1.82, 2.24) is 4.98 Å². The quantitative estimate of drug-likeness (QED) is 0.896. The normalized spacial score (nSPS) is 16.2. The second kappa shape index (κ2) is 5.89. The molecular weight excluding hydrogens is 294 g/mol. The minimum Gasteiger partial charge on any atom is -0.397 e. The first-order valence-corrected chi connectivity index (χ1v) is 7.22. The van der Waals surface area contributed by atoms with E-state index < -0.39 is 0 Å². The first-order valence-electron chi connectivity index (χ1n) is 6.43. The van der Waals surface area contributed by atoms with E-state index in [1.165, 1.54) is 25.7 Å². The van der Waals surface area contributed by atoms with Gasteiger partial charge in [-0.05, 0) is 41.3 Å². The highest BCUT2D eigenvalue weighted by Gasteiger charge is 2.25. The van der Waals surface area contributed by atoms with Gasteiger partial charge in [-0.25, -0.2) is 4.98 Å². The number of hydrogen-bond acceptors (Lipinski definition) is 4. The third-order valence-corrected chi connectivity index (χ3v) is 4.61. The molecule has 0 saturated heterocycles. The van der Waals surface area contributed by atoms with Crippen LogP contribution in [0.5, 0.6) is 0 Å². The maximum atomic E-state index is 9.26. The Morgan fingerprint density at radius 3 is 2.78 bits per heavy atom. The molecule has 1 aromatic heterocycles. The van der Waals surface area contributed by atoms with E-state index in [0.717, 1.165) is 15.9 Å². The van der Waals surface area contributed by atoms with Crippen LogP contribution >= 0.6 is 15.9 Å². The molecule has 0 spiro atoms. The van der Waals surface area contributed by atoms with Crippen LogP contribution in [0.15, 0.2) is 10.7 Å². The summed E-state index contributed by atoms with van der Waals surface area (Å²) in [5, 5.41) is 9.26. The Hall–Kier alpha value is -0.810. The van der Waals surface area contributed by atoms with Crippen molar-refractivity contribution in [2.75, 3.05) is 23.8 Å². The van der Waals surface area contributed by atoms with Gasteiger partial charge in [0, 0.05) is 12.6 Å². The fourth-order valence-corrected chi connectivity index (χ4v) is 3.12. The number of nitrogens with zero attached hydrogens (tertiary/aromatic N) is 2. The standard InChI is InChI=1S/C13H20BrN3O/c1-9-11(15)8-16-13(12(9)14)17(6-7-18)10-4-2-3-5-10/h8,10,18H,2-7,15H2,1H3. The molecule has 2 rings (SSSR count). The zero-order valence-corrected chi connectivity index (χ0v) is 12.3. The van der Waals surface area contributed by atoms with Gasteiger partial charge in [-0.1, -0.05) is 12.8 Å². The molecule has 0 radical (unpaired) electrons. The smallest absolute Gasteiger partial charge is 0.143 e. The molecule has 0 atom stereocenters. The Morgan fingerprint density at radius 1 is 1.50 bits per heavy atom. The van der Waals surface area contributed by atoms with Gasteiger partial charge in [0.15, 0.2) is 0 Å². The highest BCUT2D eigenvalue weighted by molar-refractivity contribution is 9.10. The fourth-order valence-electron chi connectivity index (χ4n) is 2.56. The molecule has 3 N–H and O–H groups in total. The predicted molar refractivity (Wildman–Crippen MR) is 77.8 cm³/mol. The number of nitrogens with two attached hydrogens (primary N) is 1. The minimum atomic E-state index is 0.147. The number of halogens is 1. The molecule has 1 fully saturated rings. The monoisotopic (exact) mass is 313 g/mol. The summed E-state index contributed by atoms with van der Waals surface area (Å²) in [6, 6.07) is 0.490. The molecule has 0 aliphatic heterocycles. The van der Waals surface area contributed by atoms with Crippen LogP contribution < -0.4 is 10.6 Å². The molecule has 0 unspecified atom stereocenters. The van der Waals surface area contributed by atoms with Crippen molar-refractivity contribution in [2.24, 2.45) is 0 Å². The summed E-state index contributed by atoms with van der Waals surface area (Å²) >= 11 is 3.58. The molecule has 0 aromatic carbocycles. The van der Waals surface area contributed by atoms with Crippen LogP contribution in [0.25, 0.3) is 0 Å². The summed E-state index contributed by atoms with van der Waals surface area (Å²) in [6.45, 7) is 2.75. The van der Waals surface area contributed by atoms with Gasteiger partial charge in [0.2, 0.25) is 0 Å². The van der Waals surface area contributed by atoms with Crippen LogP contribution in [0, 0.1) is 6.92 Å². The van der Waals surface area contributed by atoms with Crippen molar-refractivity contribution in [1.29, 1.82) is 0 Å². The van der Waals surface area contributed by atoms with Gasteiger partial charge in [0.1, 0.15) is 5.82 Å². The molecule has 1 aliphatic rings. The van der Waals surface area contributed by atoms with Crippen LogP contribution in [-0.2, 0) is 0 Å². The van der Waals surface area contributed by atoms with Gasteiger partial charge >= 0.3 is 0 Å². The highest BCUT2D eigenvalue weighted by atomic mass is 79.9. The van der Waals surface area contributed by atoms with Crippen LogP contribution in [0.2, 0.25) is 0 Å². The summed E-state index contributed by atoms with van der Waals surface area (Å²) in [4.78, 5) is 6.66. The molecule has 18 heavy (non-hydrogen) atoms. The van der Waals surface area contributed by atoms with Gasteiger partial charge in [-0.3, -0.25) is 0 Å². The van der Waals surface area contributed by atoms with E-state index in [1.54, 1.807) is 6.20 Å². The number of hydrogen-bond donors (Lipinski definition) is 2. The molecule has 1 aromatic rings. The summed E-state index contributed by atoms with van der Waals surface area (Å²) < 4.78 is 0.947. The number of aliphatic hydroxyl groups excluding tert-OH is 1. The zero-order chi connectivity index (χ0) is 13.1. The van der Waals surface area contributed by atoms with E-state index in [0.29, 0.717) is 18.3 Å². The summed E-state index contributed by atoms with van der Waals surface area (Å²) in [6.07, 6.45) is 6.58. The van der Waals surface area contributed by atoms with Gasteiger partial charge in [0.05, 0.1) is 23.0 Å². The Morgan fingerprint density at radius 2 is 2.17 bits per heavy atom. The van der Waals surface area contributed by atoms with Crippen molar-refractivity contribution in [3.63, 3.8) is 0 Å². The minimum absolute atomic E-state index is 0.147. The van der Waals surface area contributed by atoms with Crippen LogP contribution in [-0.4, -0.2) is 29.3 Å². The predicted octanol–water partition coefficient (Wildman–Crippen LogP) is 2.48. The molecular formula is C13H20BrN3O. The van der Waals surface area contributed by atoms with Crippen molar-refractivity contribution < 1.29 is 5.11 Å². The van der Waals surface area contributed by atoms with E-state index in [2.05, 4.69) is 25.8 Å². The molecule has 0 bridgehead atoms. The average molecular weight is 314 g/mol. The van der Waals surface area contributed by atoms with E-state index in [9.17, 15) is 5.11 Å². The van der Waals surface area contributed by atoms with E-state index >= 15 is 0 Å². The van der Waals surface area contributed by atoms with E-state index in [4.69, 9.17) is 5.73 Å². The molecule has 5 heteroatoms. The summed E-state index contributed by atoms with van der Waals surface area (Å²) in [7, 11) is 0. The SMILES string of the molecule is Cc1c(N)cnc(N(CCO)C2CCCC2)c1Br. The van der Waals surface area contributed by atoms with Crippen LogP contribution in [0.1, 0.15) is 31.2 Å². The lowest BCUT2D eigenvalue weighted by molar-refractivity contribution is 0.296. The lowest BCUT2D eigenvalue weighted by Gasteiger charge is -2.30. The topological polar surface area (TPSA) is 62.4 Å². The largest absolute Gasteiger partial charge is 0.397 e. The molecule has 1 saturated carbocycles. The van der Waals surface area contributed by atoms with E-state index in [1.807, 2.05) is 6.92 Å². The number of anilines is 2. The van der Waals surface area contributed by atoms with Gasteiger partial charge < -0.3 is 15.7 Å². The van der Waals surface area contributed by atoms with E-state index in [-0.39, 0.29) is 6.61 Å². The van der Waals surface area contributed by atoms with Crippen molar-refractivity contribution >= 4 is 27.4 Å². The second-order valence-corrected chi connectivity index (χ2v) is 5.62. The third-order valence-electron chi connectivity index (χ3n) is 3.66. The fraction of sp³-hybridized carbons (Fsp3) is 0.615. The maximum absolute atomic E-state index is 9.26. The molecule has 0 amide bonds. The number of nitrogen functional groups attached to an aromatic ring is 1. The maximum Gasteiger partial charge on any atom is 0.143 e. The lowest BCUT2D eigenvalue weighted by Crippen LogP contribution is -2.36. The number of pyridine rings is 1. The van der Waals surface area contributed by atoms with Gasteiger partial charge in [0.25, 0.3) is 0 Å². The van der Waals surface area contributed by atoms with Crippen LogP contribution in [0.4, 0.5) is 11.5 Å². The third kappa shape index (κ3) is 2.62. The van der Waals surface area contributed by atoms with Crippen molar-refractivity contribution in [2.45, 2.75) is 38.6 Å². The molecule has 1 aliphatic carbocycles. The first kappa shape index (κ1) is 13.6. The molecule has 4 nitrogen and oxygen atoms in total. The molecule has 1 heterocycles.